The van der Waals surface area contributed by atoms with Gasteiger partial charge in [0.05, 0.1) is 5.56 Å². The summed E-state index contributed by atoms with van der Waals surface area (Å²) in [6.07, 6.45) is 0. The van der Waals surface area contributed by atoms with E-state index in [0.29, 0.717) is 5.69 Å². The van der Waals surface area contributed by atoms with Crippen LogP contribution >= 0.6 is 0 Å². The van der Waals surface area contributed by atoms with E-state index in [1.54, 1.807) is 24.3 Å². The van der Waals surface area contributed by atoms with Crippen molar-refractivity contribution in [1.29, 1.82) is 0 Å². The van der Waals surface area contributed by atoms with E-state index in [2.05, 4.69) is 5.32 Å². The fourth-order valence-electron chi connectivity index (χ4n) is 1.65. The van der Waals surface area contributed by atoms with Crippen LogP contribution < -0.4 is 11.1 Å². The average Bonchev–Trinajstić information content (AvgIpc) is 2.46. The Kier molecular flexibility index (Phi) is 4.50. The molecule has 0 aromatic heterocycles. The van der Waals surface area contributed by atoms with E-state index in [9.17, 15) is 14.0 Å². The summed E-state index contributed by atoms with van der Waals surface area (Å²) in [5.41, 5.74) is 6.09. The first-order valence-corrected chi connectivity index (χ1v) is 6.13. The van der Waals surface area contributed by atoms with E-state index in [-0.39, 0.29) is 11.3 Å². The first kappa shape index (κ1) is 14.5. The number of hydrogen-bond donors (Lipinski definition) is 2. The Bertz CT molecular complexity index is 659. The van der Waals surface area contributed by atoms with Crippen molar-refractivity contribution in [3.05, 3.63) is 59.9 Å². The molecule has 21 heavy (non-hydrogen) atoms. The van der Waals surface area contributed by atoms with Gasteiger partial charge in [-0.3, -0.25) is 4.79 Å². The number of halogens is 1. The molecule has 108 valence electrons. The third-order valence-electron chi connectivity index (χ3n) is 2.63. The van der Waals surface area contributed by atoms with Gasteiger partial charge in [-0.2, -0.15) is 0 Å². The van der Waals surface area contributed by atoms with E-state index >= 15 is 0 Å². The van der Waals surface area contributed by atoms with Crippen LogP contribution in [0.25, 0.3) is 0 Å². The predicted molar refractivity (Wildman–Crippen MR) is 76.2 cm³/mol. The zero-order valence-corrected chi connectivity index (χ0v) is 11.0. The van der Waals surface area contributed by atoms with Crippen molar-refractivity contribution in [2.75, 3.05) is 17.7 Å². The number of carbonyl (C=O) groups is 2. The van der Waals surface area contributed by atoms with Gasteiger partial charge in [-0.15, -0.1) is 0 Å². The monoisotopic (exact) mass is 288 g/mol. The molecule has 0 fully saturated rings. The van der Waals surface area contributed by atoms with Gasteiger partial charge in [-0.1, -0.05) is 18.2 Å². The number of amides is 1. The number of hydrogen-bond acceptors (Lipinski definition) is 4. The van der Waals surface area contributed by atoms with Gasteiger partial charge in [0.2, 0.25) is 0 Å². The molecule has 6 heteroatoms. The van der Waals surface area contributed by atoms with Gasteiger partial charge in [0.25, 0.3) is 5.91 Å². The molecule has 3 N–H and O–H groups in total. The molecular formula is C15H13FN2O3. The summed E-state index contributed by atoms with van der Waals surface area (Å²) < 4.78 is 17.7. The summed E-state index contributed by atoms with van der Waals surface area (Å²) >= 11 is 0. The van der Waals surface area contributed by atoms with Crippen LogP contribution in [0.2, 0.25) is 0 Å². The molecule has 2 aromatic rings. The molecule has 0 radical (unpaired) electrons. The van der Waals surface area contributed by atoms with Gasteiger partial charge in [0.15, 0.2) is 6.61 Å². The lowest BCUT2D eigenvalue weighted by Gasteiger charge is -2.08. The summed E-state index contributed by atoms with van der Waals surface area (Å²) in [6.45, 7) is -0.454. The molecule has 0 saturated carbocycles. The van der Waals surface area contributed by atoms with E-state index in [1.165, 1.54) is 6.07 Å². The number of esters is 1. The molecule has 2 aromatic carbocycles. The van der Waals surface area contributed by atoms with Crippen molar-refractivity contribution >= 4 is 23.3 Å². The van der Waals surface area contributed by atoms with Gasteiger partial charge in [-0.05, 0) is 30.3 Å². The molecule has 0 saturated heterocycles. The largest absolute Gasteiger partial charge is 0.452 e. The number of para-hydroxylation sites is 1. The maximum absolute atomic E-state index is 12.9. The molecule has 0 aliphatic carbocycles. The minimum atomic E-state index is -0.782. The first-order valence-electron chi connectivity index (χ1n) is 6.13. The van der Waals surface area contributed by atoms with Gasteiger partial charge in [0.1, 0.15) is 5.82 Å². The van der Waals surface area contributed by atoms with Crippen molar-refractivity contribution in [3.63, 3.8) is 0 Å². The topological polar surface area (TPSA) is 81.4 Å². The minimum absolute atomic E-state index is 0.0175. The average molecular weight is 288 g/mol. The van der Waals surface area contributed by atoms with Crippen molar-refractivity contribution in [1.82, 2.24) is 0 Å². The highest BCUT2D eigenvalue weighted by atomic mass is 19.1. The lowest BCUT2D eigenvalue weighted by molar-refractivity contribution is -0.119. The lowest BCUT2D eigenvalue weighted by Crippen LogP contribution is -2.21. The molecular weight excluding hydrogens is 275 g/mol. The highest BCUT2D eigenvalue weighted by Crippen LogP contribution is 2.14. The smallest absolute Gasteiger partial charge is 0.340 e. The number of benzene rings is 2. The van der Waals surface area contributed by atoms with Crippen LogP contribution in [-0.4, -0.2) is 18.5 Å². The number of rotatable bonds is 4. The summed E-state index contributed by atoms with van der Waals surface area (Å²) in [6, 6.07) is 12.1. The summed E-state index contributed by atoms with van der Waals surface area (Å²) in [7, 11) is 0. The second kappa shape index (κ2) is 6.51. The maximum Gasteiger partial charge on any atom is 0.340 e. The standard InChI is InChI=1S/C15H13FN2O3/c16-10-6-7-12(13(17)8-10)15(20)21-9-14(19)18-11-4-2-1-3-5-11/h1-8H,9,17H2,(H,18,19). The molecule has 1 amide bonds. The summed E-state index contributed by atoms with van der Waals surface area (Å²) in [5, 5.41) is 2.57. The normalized spacial score (nSPS) is 9.95. The van der Waals surface area contributed by atoms with Crippen LogP contribution in [0.5, 0.6) is 0 Å². The SMILES string of the molecule is Nc1cc(F)ccc1C(=O)OCC(=O)Nc1ccccc1. The minimum Gasteiger partial charge on any atom is -0.452 e. The Morgan fingerprint density at radius 2 is 1.86 bits per heavy atom. The van der Waals surface area contributed by atoms with Crippen LogP contribution in [0.3, 0.4) is 0 Å². The molecule has 0 spiro atoms. The van der Waals surface area contributed by atoms with Gasteiger partial charge in [-0.25, -0.2) is 9.18 Å². The number of nitrogens with two attached hydrogens (primary N) is 1. The van der Waals surface area contributed by atoms with Gasteiger partial charge < -0.3 is 15.8 Å². The van der Waals surface area contributed by atoms with Crippen molar-refractivity contribution in [2.45, 2.75) is 0 Å². The van der Waals surface area contributed by atoms with Crippen molar-refractivity contribution in [3.8, 4) is 0 Å². The zero-order valence-electron chi connectivity index (χ0n) is 11.0. The van der Waals surface area contributed by atoms with Crippen LogP contribution in [0.15, 0.2) is 48.5 Å². The molecule has 0 atom stereocenters. The Morgan fingerprint density at radius 3 is 2.52 bits per heavy atom. The quantitative estimate of drug-likeness (QED) is 0.667. The number of ether oxygens (including phenoxy) is 1. The number of anilines is 2. The van der Waals surface area contributed by atoms with Crippen LogP contribution in [-0.2, 0) is 9.53 Å². The Hall–Kier alpha value is -2.89. The van der Waals surface area contributed by atoms with E-state index in [4.69, 9.17) is 10.5 Å². The summed E-state index contributed by atoms with van der Waals surface area (Å²) in [4.78, 5) is 23.3. The molecule has 0 heterocycles. The Balaban J connectivity index is 1.90. The fraction of sp³-hybridized carbons (Fsp3) is 0.0667. The third kappa shape index (κ3) is 4.04. The van der Waals surface area contributed by atoms with E-state index in [0.717, 1.165) is 12.1 Å². The highest BCUT2D eigenvalue weighted by Gasteiger charge is 2.13. The third-order valence-corrected chi connectivity index (χ3v) is 2.63. The molecule has 0 aliphatic rings. The first-order chi connectivity index (χ1) is 10.1. The van der Waals surface area contributed by atoms with Crippen LogP contribution in [0, 0.1) is 5.82 Å². The number of carbonyl (C=O) groups excluding carboxylic acids is 2. The maximum atomic E-state index is 12.9. The highest BCUT2D eigenvalue weighted by molar-refractivity contribution is 5.98. The number of nitrogens with one attached hydrogen (secondary N) is 1. The van der Waals surface area contributed by atoms with Crippen LogP contribution in [0.4, 0.5) is 15.8 Å². The fourth-order valence-corrected chi connectivity index (χ4v) is 1.65. The Labute approximate surface area is 120 Å². The zero-order chi connectivity index (χ0) is 15.2. The molecule has 0 unspecified atom stereocenters. The van der Waals surface area contributed by atoms with Crippen LogP contribution in [0.1, 0.15) is 10.4 Å². The van der Waals surface area contributed by atoms with E-state index in [1.807, 2.05) is 6.07 Å². The van der Waals surface area contributed by atoms with Gasteiger partial charge >= 0.3 is 5.97 Å². The summed E-state index contributed by atoms with van der Waals surface area (Å²) in [5.74, 6) is -1.81. The van der Waals surface area contributed by atoms with E-state index < -0.39 is 24.3 Å². The number of nitrogen functional groups attached to an aromatic ring is 1. The molecule has 2 rings (SSSR count). The van der Waals surface area contributed by atoms with Gasteiger partial charge in [0, 0.05) is 11.4 Å². The second-order valence-corrected chi connectivity index (χ2v) is 4.22. The van der Waals surface area contributed by atoms with Crippen molar-refractivity contribution < 1.29 is 18.7 Å². The van der Waals surface area contributed by atoms with Crippen molar-refractivity contribution in [2.24, 2.45) is 0 Å². The molecule has 5 nitrogen and oxygen atoms in total. The Morgan fingerprint density at radius 1 is 1.14 bits per heavy atom. The molecule has 0 bridgehead atoms. The second-order valence-electron chi connectivity index (χ2n) is 4.22. The predicted octanol–water partition coefficient (Wildman–Crippen LogP) is 2.20. The lowest BCUT2D eigenvalue weighted by atomic mass is 10.2. The molecule has 0 aliphatic heterocycles.